The van der Waals surface area contributed by atoms with Crippen molar-refractivity contribution >= 4 is 23.4 Å². The van der Waals surface area contributed by atoms with E-state index in [4.69, 9.17) is 9.47 Å². The minimum absolute atomic E-state index is 0.00183. The summed E-state index contributed by atoms with van der Waals surface area (Å²) >= 11 is 0. The SMILES string of the molecule is C=CCc1cc(/C=C(\C#N)C(=O)Nc2cccc(C)c2)cc(OCC)c1OCc1ccc([N+](=O)[O-])cc1. The number of nitro benzene ring substituents is 1. The molecule has 0 saturated carbocycles. The summed E-state index contributed by atoms with van der Waals surface area (Å²) in [5.41, 5.74) is 3.63. The topological polar surface area (TPSA) is 114 Å². The smallest absolute Gasteiger partial charge is 0.269 e. The van der Waals surface area contributed by atoms with Crippen LogP contribution in [-0.2, 0) is 17.8 Å². The number of carbonyl (C=O) groups is 1. The van der Waals surface area contributed by atoms with Crippen LogP contribution < -0.4 is 14.8 Å². The maximum Gasteiger partial charge on any atom is 0.269 e. The van der Waals surface area contributed by atoms with E-state index in [1.165, 1.54) is 18.2 Å². The molecule has 0 heterocycles. The van der Waals surface area contributed by atoms with Crippen LogP contribution in [0.5, 0.6) is 11.5 Å². The van der Waals surface area contributed by atoms with Crippen molar-refractivity contribution in [3.8, 4) is 17.6 Å². The van der Waals surface area contributed by atoms with Gasteiger partial charge in [-0.3, -0.25) is 14.9 Å². The van der Waals surface area contributed by atoms with Gasteiger partial charge in [-0.15, -0.1) is 6.58 Å². The first-order valence-electron chi connectivity index (χ1n) is 11.6. The van der Waals surface area contributed by atoms with Crippen molar-refractivity contribution in [1.82, 2.24) is 0 Å². The molecule has 0 unspecified atom stereocenters. The molecule has 3 aromatic rings. The molecule has 0 saturated heterocycles. The molecule has 37 heavy (non-hydrogen) atoms. The zero-order chi connectivity index (χ0) is 26.8. The Morgan fingerprint density at radius 1 is 1.16 bits per heavy atom. The molecule has 1 N–H and O–H groups in total. The third-order valence-corrected chi connectivity index (χ3v) is 5.30. The zero-order valence-corrected chi connectivity index (χ0v) is 20.7. The number of nitriles is 1. The molecule has 0 aliphatic heterocycles. The fourth-order valence-electron chi connectivity index (χ4n) is 3.61. The van der Waals surface area contributed by atoms with Gasteiger partial charge in [-0.1, -0.05) is 18.2 Å². The number of non-ortho nitro benzene ring substituents is 1. The van der Waals surface area contributed by atoms with Gasteiger partial charge in [-0.2, -0.15) is 5.26 Å². The second-order valence-corrected chi connectivity index (χ2v) is 8.14. The van der Waals surface area contributed by atoms with Crippen molar-refractivity contribution < 1.29 is 19.2 Å². The number of nitrogens with zero attached hydrogens (tertiary/aromatic N) is 2. The van der Waals surface area contributed by atoms with E-state index in [1.54, 1.807) is 30.3 Å². The number of nitro groups is 1. The summed E-state index contributed by atoms with van der Waals surface area (Å²) in [5, 5.41) is 23.3. The Bertz CT molecular complexity index is 1370. The quantitative estimate of drug-likeness (QED) is 0.112. The number of rotatable bonds is 11. The number of nitrogens with one attached hydrogen (secondary N) is 1. The van der Waals surface area contributed by atoms with Crippen molar-refractivity contribution in [3.63, 3.8) is 0 Å². The summed E-state index contributed by atoms with van der Waals surface area (Å²) in [6.07, 6.45) is 3.67. The summed E-state index contributed by atoms with van der Waals surface area (Å²) in [6, 6.07) is 18.9. The average molecular weight is 498 g/mol. The van der Waals surface area contributed by atoms with E-state index in [-0.39, 0.29) is 17.9 Å². The number of aryl methyl sites for hydroxylation is 1. The highest BCUT2D eigenvalue weighted by molar-refractivity contribution is 6.09. The molecule has 0 aromatic heterocycles. The van der Waals surface area contributed by atoms with Gasteiger partial charge in [0.05, 0.1) is 11.5 Å². The Morgan fingerprint density at radius 2 is 1.92 bits per heavy atom. The number of anilines is 1. The molecule has 0 fully saturated rings. The lowest BCUT2D eigenvalue weighted by molar-refractivity contribution is -0.384. The van der Waals surface area contributed by atoms with Gasteiger partial charge in [0.25, 0.3) is 11.6 Å². The lowest BCUT2D eigenvalue weighted by atomic mass is 10.0. The van der Waals surface area contributed by atoms with Gasteiger partial charge < -0.3 is 14.8 Å². The Hall–Kier alpha value is -4.90. The summed E-state index contributed by atoms with van der Waals surface area (Å²) in [5.74, 6) is 0.432. The molecule has 0 spiro atoms. The predicted octanol–water partition coefficient (Wildman–Crippen LogP) is 6.16. The van der Waals surface area contributed by atoms with Crippen LogP contribution in [0.15, 0.2) is 78.9 Å². The Kier molecular flexibility index (Phi) is 9.17. The van der Waals surface area contributed by atoms with Crippen LogP contribution in [-0.4, -0.2) is 17.4 Å². The van der Waals surface area contributed by atoms with E-state index in [0.29, 0.717) is 35.8 Å². The maximum atomic E-state index is 12.8. The second kappa shape index (κ2) is 12.7. The molecule has 0 atom stereocenters. The van der Waals surface area contributed by atoms with Gasteiger partial charge in [0.15, 0.2) is 11.5 Å². The molecule has 8 heteroatoms. The van der Waals surface area contributed by atoms with E-state index in [2.05, 4.69) is 11.9 Å². The Labute approximate surface area is 215 Å². The van der Waals surface area contributed by atoms with E-state index in [1.807, 2.05) is 44.2 Å². The number of carbonyl (C=O) groups excluding carboxylic acids is 1. The minimum Gasteiger partial charge on any atom is -0.490 e. The van der Waals surface area contributed by atoms with Gasteiger partial charge in [-0.25, -0.2) is 0 Å². The van der Waals surface area contributed by atoms with Crippen molar-refractivity contribution in [1.29, 1.82) is 5.26 Å². The average Bonchev–Trinajstić information content (AvgIpc) is 2.87. The van der Waals surface area contributed by atoms with E-state index >= 15 is 0 Å². The molecule has 0 aliphatic carbocycles. The monoisotopic (exact) mass is 497 g/mol. The van der Waals surface area contributed by atoms with Crippen molar-refractivity contribution in [2.75, 3.05) is 11.9 Å². The van der Waals surface area contributed by atoms with Gasteiger partial charge in [0.2, 0.25) is 0 Å². The summed E-state index contributed by atoms with van der Waals surface area (Å²) in [4.78, 5) is 23.2. The second-order valence-electron chi connectivity index (χ2n) is 8.14. The van der Waals surface area contributed by atoms with Gasteiger partial charge >= 0.3 is 0 Å². The Morgan fingerprint density at radius 3 is 2.54 bits per heavy atom. The number of ether oxygens (including phenoxy) is 2. The highest BCUT2D eigenvalue weighted by atomic mass is 16.6. The summed E-state index contributed by atoms with van der Waals surface area (Å²) < 4.78 is 11.9. The standard InChI is InChI=1S/C29H27N3O5/c1-4-7-23-15-22(16-24(18-30)29(33)31-25-9-6-8-20(3)14-25)17-27(36-5-2)28(23)37-19-21-10-12-26(13-11-21)32(34)35/h4,6,8-17H,1,5,7,19H2,2-3H3,(H,31,33)/b24-16+. The molecule has 0 aliphatic rings. The molecular formula is C29H27N3O5. The van der Waals surface area contributed by atoms with Gasteiger partial charge in [0.1, 0.15) is 18.2 Å². The lowest BCUT2D eigenvalue weighted by Crippen LogP contribution is -2.13. The molecule has 8 nitrogen and oxygen atoms in total. The van der Waals surface area contributed by atoms with Crippen LogP contribution in [0.4, 0.5) is 11.4 Å². The third kappa shape index (κ3) is 7.29. The van der Waals surface area contributed by atoms with E-state index in [0.717, 1.165) is 16.7 Å². The number of hydrogen-bond donors (Lipinski definition) is 1. The molecule has 0 bridgehead atoms. The van der Waals surface area contributed by atoms with Crippen molar-refractivity contribution in [3.05, 3.63) is 111 Å². The molecule has 1 amide bonds. The highest BCUT2D eigenvalue weighted by Gasteiger charge is 2.16. The fraction of sp³-hybridized carbons (Fsp3) is 0.172. The van der Waals surface area contributed by atoms with E-state index < -0.39 is 10.8 Å². The van der Waals surface area contributed by atoms with Gasteiger partial charge in [-0.05, 0) is 79.4 Å². The first-order chi connectivity index (χ1) is 17.8. The summed E-state index contributed by atoms with van der Waals surface area (Å²) in [6.45, 7) is 8.10. The summed E-state index contributed by atoms with van der Waals surface area (Å²) in [7, 11) is 0. The number of allylic oxidation sites excluding steroid dienone is 1. The number of benzene rings is 3. The molecule has 3 rings (SSSR count). The molecule has 0 radical (unpaired) electrons. The van der Waals surface area contributed by atoms with Crippen molar-refractivity contribution in [2.24, 2.45) is 0 Å². The lowest BCUT2D eigenvalue weighted by Gasteiger charge is -2.17. The van der Waals surface area contributed by atoms with Crippen LogP contribution in [0.25, 0.3) is 6.08 Å². The van der Waals surface area contributed by atoms with Crippen molar-refractivity contribution in [2.45, 2.75) is 26.9 Å². The highest BCUT2D eigenvalue weighted by Crippen LogP contribution is 2.35. The predicted molar refractivity (Wildman–Crippen MR) is 142 cm³/mol. The maximum absolute atomic E-state index is 12.8. The fourth-order valence-corrected chi connectivity index (χ4v) is 3.61. The normalized spacial score (nSPS) is 10.8. The largest absolute Gasteiger partial charge is 0.490 e. The number of hydrogen-bond acceptors (Lipinski definition) is 6. The number of amides is 1. The van der Waals surface area contributed by atoms with Gasteiger partial charge in [0, 0.05) is 23.4 Å². The van der Waals surface area contributed by atoms with Crippen LogP contribution >= 0.6 is 0 Å². The molecule has 188 valence electrons. The first kappa shape index (κ1) is 26.7. The van der Waals surface area contributed by atoms with Crippen LogP contribution in [0, 0.1) is 28.4 Å². The third-order valence-electron chi connectivity index (χ3n) is 5.30. The van der Waals surface area contributed by atoms with Crippen LogP contribution in [0.2, 0.25) is 0 Å². The Balaban J connectivity index is 1.91. The first-order valence-corrected chi connectivity index (χ1v) is 11.6. The van der Waals surface area contributed by atoms with Crippen LogP contribution in [0.1, 0.15) is 29.2 Å². The molecule has 3 aromatic carbocycles. The minimum atomic E-state index is -0.519. The molecular weight excluding hydrogens is 470 g/mol. The zero-order valence-electron chi connectivity index (χ0n) is 20.7. The van der Waals surface area contributed by atoms with Crippen LogP contribution in [0.3, 0.4) is 0 Å². The van der Waals surface area contributed by atoms with E-state index in [9.17, 15) is 20.2 Å².